The third kappa shape index (κ3) is 3.35. The molecular formula is C16H24N2O. The second-order valence-electron chi connectivity index (χ2n) is 5.63. The Labute approximate surface area is 115 Å². The summed E-state index contributed by atoms with van der Waals surface area (Å²) in [6, 6.07) is 8.32. The predicted molar refractivity (Wildman–Crippen MR) is 77.8 cm³/mol. The van der Waals surface area contributed by atoms with Crippen molar-refractivity contribution in [2.45, 2.75) is 51.6 Å². The number of aryl methyl sites for hydroxylation is 1. The minimum atomic E-state index is -0.387. The largest absolute Gasteiger partial charge is 0.352 e. The lowest BCUT2D eigenvalue weighted by molar-refractivity contribution is -0.124. The Morgan fingerprint density at radius 1 is 1.42 bits per heavy atom. The van der Waals surface area contributed by atoms with Crippen LogP contribution in [0.5, 0.6) is 0 Å². The van der Waals surface area contributed by atoms with Crippen LogP contribution < -0.4 is 11.1 Å². The summed E-state index contributed by atoms with van der Waals surface area (Å²) in [6.45, 7) is 4.09. The second-order valence-corrected chi connectivity index (χ2v) is 5.63. The SMILES string of the molecule is CC[C@H](C)[C@H](N)C(=O)NC1CCc2ccccc2C1. The topological polar surface area (TPSA) is 55.1 Å². The first-order valence-corrected chi connectivity index (χ1v) is 7.24. The number of hydrogen-bond donors (Lipinski definition) is 2. The van der Waals surface area contributed by atoms with Crippen LogP contribution in [0.4, 0.5) is 0 Å². The summed E-state index contributed by atoms with van der Waals surface area (Å²) >= 11 is 0. The molecule has 1 aromatic carbocycles. The van der Waals surface area contributed by atoms with Crippen LogP contribution in [0, 0.1) is 5.92 Å². The van der Waals surface area contributed by atoms with Crippen LogP contribution >= 0.6 is 0 Å². The fraction of sp³-hybridized carbons (Fsp3) is 0.562. The molecule has 19 heavy (non-hydrogen) atoms. The van der Waals surface area contributed by atoms with Crippen LogP contribution in [0.25, 0.3) is 0 Å². The summed E-state index contributed by atoms with van der Waals surface area (Å²) in [4.78, 5) is 12.1. The Morgan fingerprint density at radius 2 is 2.11 bits per heavy atom. The molecule has 1 aliphatic carbocycles. The average Bonchev–Trinajstić information content (AvgIpc) is 2.45. The van der Waals surface area contributed by atoms with Gasteiger partial charge in [-0.25, -0.2) is 0 Å². The van der Waals surface area contributed by atoms with Crippen molar-refractivity contribution in [2.75, 3.05) is 0 Å². The zero-order chi connectivity index (χ0) is 13.8. The van der Waals surface area contributed by atoms with Crippen LogP contribution in [0.3, 0.4) is 0 Å². The monoisotopic (exact) mass is 260 g/mol. The molecular weight excluding hydrogens is 236 g/mol. The molecule has 3 atom stereocenters. The van der Waals surface area contributed by atoms with Crippen molar-refractivity contribution in [1.82, 2.24) is 5.32 Å². The molecule has 2 rings (SSSR count). The van der Waals surface area contributed by atoms with Gasteiger partial charge in [0, 0.05) is 6.04 Å². The minimum Gasteiger partial charge on any atom is -0.352 e. The summed E-state index contributed by atoms with van der Waals surface area (Å²) in [5.41, 5.74) is 8.74. The van der Waals surface area contributed by atoms with E-state index in [4.69, 9.17) is 5.73 Å². The van der Waals surface area contributed by atoms with Gasteiger partial charge in [-0.3, -0.25) is 4.79 Å². The van der Waals surface area contributed by atoms with Crippen molar-refractivity contribution in [3.8, 4) is 0 Å². The fourth-order valence-electron chi connectivity index (χ4n) is 2.63. The minimum absolute atomic E-state index is 0.00117. The predicted octanol–water partition coefficient (Wildman–Crippen LogP) is 2.03. The molecule has 0 saturated heterocycles. The number of rotatable bonds is 4. The van der Waals surface area contributed by atoms with E-state index in [-0.39, 0.29) is 23.9 Å². The summed E-state index contributed by atoms with van der Waals surface area (Å²) in [6.07, 6.45) is 3.91. The smallest absolute Gasteiger partial charge is 0.237 e. The summed E-state index contributed by atoms with van der Waals surface area (Å²) in [7, 11) is 0. The van der Waals surface area contributed by atoms with E-state index in [0.717, 1.165) is 25.7 Å². The van der Waals surface area contributed by atoms with Crippen molar-refractivity contribution in [2.24, 2.45) is 11.7 Å². The van der Waals surface area contributed by atoms with Crippen LogP contribution in [0.2, 0.25) is 0 Å². The van der Waals surface area contributed by atoms with Crippen molar-refractivity contribution in [3.63, 3.8) is 0 Å². The second kappa shape index (κ2) is 6.20. The zero-order valence-corrected chi connectivity index (χ0v) is 11.9. The standard InChI is InChI=1S/C16H24N2O/c1-3-11(2)15(17)16(19)18-14-9-8-12-6-4-5-7-13(12)10-14/h4-7,11,14-15H,3,8-10,17H2,1-2H3,(H,18,19)/t11-,14?,15-/m0/s1. The van der Waals surface area contributed by atoms with Crippen molar-refractivity contribution >= 4 is 5.91 Å². The van der Waals surface area contributed by atoms with Crippen molar-refractivity contribution < 1.29 is 4.79 Å². The first kappa shape index (κ1) is 14.1. The highest BCUT2D eigenvalue weighted by atomic mass is 16.2. The average molecular weight is 260 g/mol. The van der Waals surface area contributed by atoms with Crippen LogP contribution in [0.15, 0.2) is 24.3 Å². The highest BCUT2D eigenvalue weighted by molar-refractivity contribution is 5.82. The molecule has 1 aromatic rings. The Hall–Kier alpha value is -1.35. The maximum Gasteiger partial charge on any atom is 0.237 e. The molecule has 0 fully saturated rings. The number of nitrogens with one attached hydrogen (secondary N) is 1. The van der Waals surface area contributed by atoms with Crippen LogP contribution in [-0.4, -0.2) is 18.0 Å². The van der Waals surface area contributed by atoms with Crippen molar-refractivity contribution in [3.05, 3.63) is 35.4 Å². The molecule has 3 nitrogen and oxygen atoms in total. The van der Waals surface area contributed by atoms with E-state index in [1.54, 1.807) is 0 Å². The molecule has 3 N–H and O–H groups in total. The highest BCUT2D eigenvalue weighted by Gasteiger charge is 2.24. The molecule has 1 aliphatic rings. The summed E-state index contributed by atoms with van der Waals surface area (Å²) in [5, 5.41) is 3.11. The Balaban J connectivity index is 1.93. The van der Waals surface area contributed by atoms with E-state index >= 15 is 0 Å². The quantitative estimate of drug-likeness (QED) is 0.870. The van der Waals surface area contributed by atoms with Gasteiger partial charge in [0.1, 0.15) is 0 Å². The number of benzene rings is 1. The number of hydrogen-bond acceptors (Lipinski definition) is 2. The zero-order valence-electron chi connectivity index (χ0n) is 11.9. The first-order chi connectivity index (χ1) is 9.11. The molecule has 0 aromatic heterocycles. The fourth-order valence-corrected chi connectivity index (χ4v) is 2.63. The molecule has 0 aliphatic heterocycles. The van der Waals surface area contributed by atoms with Gasteiger partial charge < -0.3 is 11.1 Å². The molecule has 3 heteroatoms. The third-order valence-corrected chi connectivity index (χ3v) is 4.25. The lowest BCUT2D eigenvalue weighted by atomic mass is 9.88. The molecule has 0 radical (unpaired) electrons. The number of fused-ring (bicyclic) bond motifs is 1. The number of amides is 1. The number of carbonyl (C=O) groups is 1. The number of carbonyl (C=O) groups excluding carboxylic acids is 1. The van der Waals surface area contributed by atoms with Crippen LogP contribution in [0.1, 0.15) is 37.8 Å². The molecule has 0 bridgehead atoms. The third-order valence-electron chi connectivity index (χ3n) is 4.25. The van der Waals surface area contributed by atoms with E-state index in [2.05, 4.69) is 36.5 Å². The van der Waals surface area contributed by atoms with Gasteiger partial charge in [0.25, 0.3) is 0 Å². The molecule has 1 amide bonds. The van der Waals surface area contributed by atoms with Gasteiger partial charge in [0.05, 0.1) is 6.04 Å². The van der Waals surface area contributed by atoms with Gasteiger partial charge >= 0.3 is 0 Å². The molecule has 0 saturated carbocycles. The Bertz CT molecular complexity index is 444. The lowest BCUT2D eigenvalue weighted by Gasteiger charge is -2.27. The van der Waals surface area contributed by atoms with Gasteiger partial charge in [-0.2, -0.15) is 0 Å². The normalized spacial score (nSPS) is 21.3. The van der Waals surface area contributed by atoms with E-state index in [0.29, 0.717) is 0 Å². The Kier molecular flexibility index (Phi) is 4.59. The molecule has 0 heterocycles. The van der Waals surface area contributed by atoms with E-state index < -0.39 is 0 Å². The van der Waals surface area contributed by atoms with Crippen molar-refractivity contribution in [1.29, 1.82) is 0 Å². The van der Waals surface area contributed by atoms with Gasteiger partial charge in [-0.1, -0.05) is 44.5 Å². The van der Waals surface area contributed by atoms with Gasteiger partial charge in [-0.05, 0) is 36.3 Å². The summed E-state index contributed by atoms with van der Waals surface area (Å²) in [5.74, 6) is 0.231. The maximum absolute atomic E-state index is 12.1. The first-order valence-electron chi connectivity index (χ1n) is 7.24. The maximum atomic E-state index is 12.1. The summed E-state index contributed by atoms with van der Waals surface area (Å²) < 4.78 is 0. The highest BCUT2D eigenvalue weighted by Crippen LogP contribution is 2.21. The van der Waals surface area contributed by atoms with Gasteiger partial charge in [0.2, 0.25) is 5.91 Å². The molecule has 0 spiro atoms. The van der Waals surface area contributed by atoms with E-state index in [9.17, 15) is 4.79 Å². The molecule has 104 valence electrons. The molecule has 1 unspecified atom stereocenters. The van der Waals surface area contributed by atoms with E-state index in [1.165, 1.54) is 11.1 Å². The van der Waals surface area contributed by atoms with Gasteiger partial charge in [0.15, 0.2) is 0 Å². The van der Waals surface area contributed by atoms with Crippen LogP contribution in [-0.2, 0) is 17.6 Å². The van der Waals surface area contributed by atoms with Gasteiger partial charge in [-0.15, -0.1) is 0 Å². The Morgan fingerprint density at radius 3 is 2.79 bits per heavy atom. The van der Waals surface area contributed by atoms with E-state index in [1.807, 2.05) is 6.92 Å². The number of nitrogens with two attached hydrogens (primary N) is 1. The lowest BCUT2D eigenvalue weighted by Crippen LogP contribution is -2.49.